The van der Waals surface area contributed by atoms with E-state index in [9.17, 15) is 13.6 Å². The van der Waals surface area contributed by atoms with Gasteiger partial charge in [-0.3, -0.25) is 9.20 Å². The Morgan fingerprint density at radius 2 is 2.04 bits per heavy atom. The van der Waals surface area contributed by atoms with Crippen LogP contribution in [0.3, 0.4) is 0 Å². The summed E-state index contributed by atoms with van der Waals surface area (Å²) in [4.78, 5) is 14.8. The van der Waals surface area contributed by atoms with E-state index in [-0.39, 0.29) is 11.3 Å². The molecule has 2 fully saturated rings. The van der Waals surface area contributed by atoms with E-state index in [1.807, 2.05) is 0 Å². The van der Waals surface area contributed by atoms with Gasteiger partial charge in [0.2, 0.25) is 5.82 Å². The van der Waals surface area contributed by atoms with Crippen molar-refractivity contribution in [2.24, 2.45) is 5.41 Å². The lowest BCUT2D eigenvalue weighted by atomic mass is 9.86. The minimum absolute atomic E-state index is 0.0426. The van der Waals surface area contributed by atoms with Crippen molar-refractivity contribution in [3.05, 3.63) is 29.7 Å². The Morgan fingerprint density at radius 1 is 1.24 bits per heavy atom. The van der Waals surface area contributed by atoms with Crippen LogP contribution >= 0.6 is 0 Å². The first-order valence-electron chi connectivity index (χ1n) is 8.58. The van der Waals surface area contributed by atoms with Gasteiger partial charge < -0.3 is 9.64 Å². The van der Waals surface area contributed by atoms with Crippen molar-refractivity contribution in [2.75, 3.05) is 26.3 Å². The highest BCUT2D eigenvalue weighted by atomic mass is 19.3. The average molecular weight is 350 g/mol. The zero-order valence-corrected chi connectivity index (χ0v) is 13.8. The lowest BCUT2D eigenvalue weighted by Gasteiger charge is -2.31. The van der Waals surface area contributed by atoms with Crippen LogP contribution in [0.1, 0.15) is 48.3 Å². The summed E-state index contributed by atoms with van der Waals surface area (Å²) in [7, 11) is 0. The van der Waals surface area contributed by atoms with Crippen LogP contribution in [-0.4, -0.2) is 51.7 Å². The SMILES string of the molecule is O=C(c1ccc2nnc(C(F)F)n2c1)N1CCOCC2(CCCC2)C1. The second kappa shape index (κ2) is 6.33. The van der Waals surface area contributed by atoms with Crippen molar-refractivity contribution in [1.82, 2.24) is 19.5 Å². The molecular formula is C17H20F2N4O2. The Hall–Kier alpha value is -2.09. The maximum Gasteiger partial charge on any atom is 0.297 e. The third-order valence-electron chi connectivity index (χ3n) is 5.26. The molecule has 1 aliphatic heterocycles. The van der Waals surface area contributed by atoms with Gasteiger partial charge in [0.1, 0.15) is 0 Å². The summed E-state index contributed by atoms with van der Waals surface area (Å²) in [6.07, 6.45) is 3.12. The summed E-state index contributed by atoms with van der Waals surface area (Å²) in [5.74, 6) is -0.608. The average Bonchev–Trinajstić information content (AvgIpc) is 3.17. The van der Waals surface area contributed by atoms with Crippen molar-refractivity contribution in [2.45, 2.75) is 32.1 Å². The Morgan fingerprint density at radius 3 is 2.80 bits per heavy atom. The number of carbonyl (C=O) groups excluding carboxylic acids is 1. The molecule has 1 saturated heterocycles. The highest BCUT2D eigenvalue weighted by Gasteiger charge is 2.39. The van der Waals surface area contributed by atoms with E-state index in [0.29, 0.717) is 37.5 Å². The molecule has 0 atom stereocenters. The van der Waals surface area contributed by atoms with Crippen molar-refractivity contribution >= 4 is 11.6 Å². The monoisotopic (exact) mass is 350 g/mol. The number of fused-ring (bicyclic) bond motifs is 1. The highest BCUT2D eigenvalue weighted by molar-refractivity contribution is 5.94. The number of pyridine rings is 1. The van der Waals surface area contributed by atoms with Gasteiger partial charge in [-0.25, -0.2) is 8.78 Å². The van der Waals surface area contributed by atoms with Gasteiger partial charge in [0.25, 0.3) is 12.3 Å². The zero-order valence-electron chi connectivity index (χ0n) is 13.8. The van der Waals surface area contributed by atoms with Gasteiger partial charge in [-0.2, -0.15) is 0 Å². The van der Waals surface area contributed by atoms with E-state index in [1.54, 1.807) is 17.0 Å². The first kappa shape index (κ1) is 16.4. The molecule has 1 amide bonds. The largest absolute Gasteiger partial charge is 0.379 e. The fourth-order valence-corrected chi connectivity index (χ4v) is 3.96. The number of alkyl halides is 2. The molecule has 25 heavy (non-hydrogen) atoms. The Balaban J connectivity index is 1.63. The van der Waals surface area contributed by atoms with Crippen LogP contribution in [0.2, 0.25) is 0 Å². The van der Waals surface area contributed by atoms with E-state index in [4.69, 9.17) is 4.74 Å². The van der Waals surface area contributed by atoms with Gasteiger partial charge in [0.15, 0.2) is 5.65 Å². The van der Waals surface area contributed by atoms with E-state index >= 15 is 0 Å². The van der Waals surface area contributed by atoms with E-state index in [1.165, 1.54) is 10.6 Å². The fraction of sp³-hybridized carbons (Fsp3) is 0.588. The molecule has 2 aliphatic rings. The van der Waals surface area contributed by atoms with Gasteiger partial charge in [0.05, 0.1) is 18.8 Å². The molecule has 0 unspecified atom stereocenters. The molecule has 0 N–H and O–H groups in total. The number of halogens is 2. The number of nitrogens with zero attached hydrogens (tertiary/aromatic N) is 4. The van der Waals surface area contributed by atoms with Crippen LogP contribution in [0, 0.1) is 5.41 Å². The number of carbonyl (C=O) groups is 1. The second-order valence-corrected chi connectivity index (χ2v) is 6.99. The molecule has 1 aliphatic carbocycles. The van der Waals surface area contributed by atoms with E-state index in [2.05, 4.69) is 10.2 Å². The van der Waals surface area contributed by atoms with Crippen LogP contribution < -0.4 is 0 Å². The Bertz CT molecular complexity index is 786. The number of rotatable bonds is 2. The quantitative estimate of drug-likeness (QED) is 0.836. The minimum Gasteiger partial charge on any atom is -0.379 e. The molecule has 2 aromatic rings. The van der Waals surface area contributed by atoms with Crippen molar-refractivity contribution in [1.29, 1.82) is 0 Å². The van der Waals surface area contributed by atoms with Crippen molar-refractivity contribution in [3.8, 4) is 0 Å². The number of amides is 1. The molecule has 3 heterocycles. The summed E-state index contributed by atoms with van der Waals surface area (Å²) < 4.78 is 33.0. The standard InChI is InChI=1S/C17H20F2N4O2/c18-14(19)15-21-20-13-4-3-12(9-23(13)15)16(24)22-7-8-25-11-17(10-22)5-1-2-6-17/h3-4,9,14H,1-2,5-8,10-11H2. The first-order chi connectivity index (χ1) is 12.1. The normalized spacial score (nSPS) is 20.5. The summed E-state index contributed by atoms with van der Waals surface area (Å²) in [6, 6.07) is 3.17. The molecule has 6 nitrogen and oxygen atoms in total. The third-order valence-corrected chi connectivity index (χ3v) is 5.26. The molecule has 8 heteroatoms. The minimum atomic E-state index is -2.74. The topological polar surface area (TPSA) is 59.7 Å². The van der Waals surface area contributed by atoms with Crippen molar-refractivity contribution in [3.63, 3.8) is 0 Å². The van der Waals surface area contributed by atoms with Gasteiger partial charge in [-0.1, -0.05) is 12.8 Å². The van der Waals surface area contributed by atoms with Gasteiger partial charge in [-0.05, 0) is 25.0 Å². The van der Waals surface area contributed by atoms with Crippen LogP contribution in [0.25, 0.3) is 5.65 Å². The van der Waals surface area contributed by atoms with Crippen LogP contribution in [-0.2, 0) is 4.74 Å². The maximum atomic E-state index is 13.0. The van der Waals surface area contributed by atoms with Crippen LogP contribution in [0.15, 0.2) is 18.3 Å². The third kappa shape index (κ3) is 2.99. The number of aromatic nitrogens is 3. The molecule has 4 rings (SSSR count). The van der Waals surface area contributed by atoms with Crippen LogP contribution in [0.4, 0.5) is 8.78 Å². The molecule has 1 saturated carbocycles. The van der Waals surface area contributed by atoms with Crippen LogP contribution in [0.5, 0.6) is 0 Å². The molecule has 0 radical (unpaired) electrons. The molecular weight excluding hydrogens is 330 g/mol. The lowest BCUT2D eigenvalue weighted by Crippen LogP contribution is -2.40. The summed E-state index contributed by atoms with van der Waals surface area (Å²) >= 11 is 0. The number of hydrogen-bond acceptors (Lipinski definition) is 4. The molecule has 0 bridgehead atoms. The smallest absolute Gasteiger partial charge is 0.297 e. The van der Waals surface area contributed by atoms with Crippen molar-refractivity contribution < 1.29 is 18.3 Å². The van der Waals surface area contributed by atoms with E-state index in [0.717, 1.165) is 25.7 Å². The second-order valence-electron chi connectivity index (χ2n) is 6.99. The van der Waals surface area contributed by atoms with Gasteiger partial charge in [-0.15, -0.1) is 10.2 Å². The summed E-state index contributed by atoms with van der Waals surface area (Å²) in [6.45, 7) is 2.37. The number of ether oxygens (including phenoxy) is 1. The molecule has 2 aromatic heterocycles. The number of hydrogen-bond donors (Lipinski definition) is 0. The summed E-state index contributed by atoms with van der Waals surface area (Å²) in [5.41, 5.74) is 0.712. The predicted molar refractivity (Wildman–Crippen MR) is 85.6 cm³/mol. The predicted octanol–water partition coefficient (Wildman–Crippen LogP) is 2.70. The van der Waals surface area contributed by atoms with Gasteiger partial charge in [0, 0.05) is 24.7 Å². The molecule has 0 aromatic carbocycles. The highest BCUT2D eigenvalue weighted by Crippen LogP contribution is 2.40. The van der Waals surface area contributed by atoms with E-state index < -0.39 is 12.2 Å². The maximum absolute atomic E-state index is 13.0. The zero-order chi connectivity index (χ0) is 17.4. The molecule has 1 spiro atoms. The first-order valence-corrected chi connectivity index (χ1v) is 8.58. The summed E-state index contributed by atoms with van der Waals surface area (Å²) in [5, 5.41) is 7.21. The van der Waals surface area contributed by atoms with Gasteiger partial charge >= 0.3 is 0 Å². The fourth-order valence-electron chi connectivity index (χ4n) is 3.96. The Labute approximate surface area is 143 Å². The molecule has 134 valence electrons. The lowest BCUT2D eigenvalue weighted by molar-refractivity contribution is 0.0644. The Kier molecular flexibility index (Phi) is 4.15.